The lowest BCUT2D eigenvalue weighted by molar-refractivity contribution is 0.207. The molecule has 3 heteroatoms. The second-order valence-corrected chi connectivity index (χ2v) is 3.50. The van der Waals surface area contributed by atoms with Crippen molar-refractivity contribution >= 4 is 11.6 Å². The van der Waals surface area contributed by atoms with E-state index in [0.717, 1.165) is 12.0 Å². The van der Waals surface area contributed by atoms with Crippen molar-refractivity contribution in [3.05, 3.63) is 29.6 Å². The molecule has 1 aromatic carbocycles. The van der Waals surface area contributed by atoms with Crippen LogP contribution in [0.5, 0.6) is 5.75 Å². The summed E-state index contributed by atoms with van der Waals surface area (Å²) in [6.45, 7) is 3.91. The summed E-state index contributed by atoms with van der Waals surface area (Å²) in [4.78, 5) is 0. The van der Waals surface area contributed by atoms with Crippen molar-refractivity contribution < 1.29 is 9.13 Å². The smallest absolute Gasteiger partial charge is 0.165 e. The van der Waals surface area contributed by atoms with E-state index in [1.165, 1.54) is 6.07 Å². The second kappa shape index (κ2) is 5.20. The summed E-state index contributed by atoms with van der Waals surface area (Å²) >= 11 is 5.58. The van der Waals surface area contributed by atoms with E-state index in [0.29, 0.717) is 11.6 Å². The quantitative estimate of drug-likeness (QED) is 0.697. The van der Waals surface area contributed by atoms with Crippen LogP contribution in [0.1, 0.15) is 25.8 Å². The fourth-order valence-corrected chi connectivity index (χ4v) is 1.19. The van der Waals surface area contributed by atoms with Gasteiger partial charge in [0.2, 0.25) is 0 Å². The van der Waals surface area contributed by atoms with E-state index in [4.69, 9.17) is 16.3 Å². The highest BCUT2D eigenvalue weighted by Gasteiger charge is 2.07. The molecule has 0 saturated heterocycles. The number of halogens is 2. The van der Waals surface area contributed by atoms with E-state index in [9.17, 15) is 4.39 Å². The van der Waals surface area contributed by atoms with E-state index in [1.807, 2.05) is 13.8 Å². The molecule has 78 valence electrons. The summed E-state index contributed by atoms with van der Waals surface area (Å²) in [6, 6.07) is 4.80. The number of rotatable bonds is 4. The first-order valence-electron chi connectivity index (χ1n) is 4.68. The van der Waals surface area contributed by atoms with Crippen LogP contribution < -0.4 is 4.74 Å². The zero-order valence-corrected chi connectivity index (χ0v) is 9.14. The maximum Gasteiger partial charge on any atom is 0.165 e. The summed E-state index contributed by atoms with van der Waals surface area (Å²) < 4.78 is 18.7. The molecule has 0 heterocycles. The second-order valence-electron chi connectivity index (χ2n) is 3.24. The van der Waals surface area contributed by atoms with E-state index in [2.05, 4.69) is 0 Å². The van der Waals surface area contributed by atoms with Crippen molar-refractivity contribution in [2.45, 2.75) is 32.3 Å². The van der Waals surface area contributed by atoms with Crippen LogP contribution in [0.3, 0.4) is 0 Å². The van der Waals surface area contributed by atoms with Crippen molar-refractivity contribution in [1.82, 2.24) is 0 Å². The van der Waals surface area contributed by atoms with Crippen LogP contribution in [0, 0.1) is 5.82 Å². The van der Waals surface area contributed by atoms with Gasteiger partial charge >= 0.3 is 0 Å². The Morgan fingerprint density at radius 1 is 1.50 bits per heavy atom. The Morgan fingerprint density at radius 3 is 2.71 bits per heavy atom. The van der Waals surface area contributed by atoms with Gasteiger partial charge in [-0.2, -0.15) is 0 Å². The van der Waals surface area contributed by atoms with Crippen LogP contribution >= 0.6 is 11.6 Å². The van der Waals surface area contributed by atoms with Gasteiger partial charge in [-0.15, -0.1) is 11.6 Å². The first-order valence-corrected chi connectivity index (χ1v) is 5.21. The van der Waals surface area contributed by atoms with Gasteiger partial charge < -0.3 is 4.74 Å². The van der Waals surface area contributed by atoms with Crippen molar-refractivity contribution in [1.29, 1.82) is 0 Å². The van der Waals surface area contributed by atoms with Crippen molar-refractivity contribution in [2.75, 3.05) is 0 Å². The van der Waals surface area contributed by atoms with Crippen molar-refractivity contribution in [3.8, 4) is 5.75 Å². The molecule has 1 rings (SSSR count). The molecular formula is C11H14ClFO. The highest BCUT2D eigenvalue weighted by atomic mass is 35.5. The fourth-order valence-electron chi connectivity index (χ4n) is 1.02. The maximum absolute atomic E-state index is 13.4. The fraction of sp³-hybridized carbons (Fsp3) is 0.455. The standard InChI is InChI=1S/C11H14ClFO/c1-3-8(2)14-11-5-4-9(7-12)6-10(11)13/h4-6,8H,3,7H2,1-2H3. The predicted octanol–water partition coefficient (Wildman–Crippen LogP) is 3.74. The van der Waals surface area contributed by atoms with E-state index < -0.39 is 0 Å². The molecule has 0 bridgehead atoms. The van der Waals surface area contributed by atoms with Crippen LogP contribution in [0.15, 0.2) is 18.2 Å². The highest BCUT2D eigenvalue weighted by Crippen LogP contribution is 2.20. The van der Waals surface area contributed by atoms with Gasteiger partial charge in [-0.3, -0.25) is 0 Å². The molecule has 0 fully saturated rings. The number of ether oxygens (including phenoxy) is 1. The molecule has 0 aromatic heterocycles. The average Bonchev–Trinajstić information content (AvgIpc) is 2.20. The highest BCUT2D eigenvalue weighted by molar-refractivity contribution is 6.17. The summed E-state index contributed by atoms with van der Waals surface area (Å²) in [6.07, 6.45) is 0.891. The van der Waals surface area contributed by atoms with Crippen LogP contribution in [-0.4, -0.2) is 6.10 Å². The third-order valence-electron chi connectivity index (χ3n) is 2.05. The topological polar surface area (TPSA) is 9.23 Å². The lowest BCUT2D eigenvalue weighted by Gasteiger charge is -2.13. The SMILES string of the molecule is CCC(C)Oc1ccc(CCl)cc1F. The Kier molecular flexibility index (Phi) is 4.21. The van der Waals surface area contributed by atoms with Gasteiger partial charge in [0.25, 0.3) is 0 Å². The van der Waals surface area contributed by atoms with Crippen molar-refractivity contribution in [3.63, 3.8) is 0 Å². The first-order chi connectivity index (χ1) is 6.67. The minimum atomic E-state index is -0.344. The number of benzene rings is 1. The lowest BCUT2D eigenvalue weighted by Crippen LogP contribution is -2.10. The Morgan fingerprint density at radius 2 is 2.21 bits per heavy atom. The van der Waals surface area contributed by atoms with Gasteiger partial charge in [0.1, 0.15) is 0 Å². The van der Waals surface area contributed by atoms with Gasteiger partial charge in [-0.25, -0.2) is 4.39 Å². The normalized spacial score (nSPS) is 12.6. The minimum absolute atomic E-state index is 0.0337. The van der Waals surface area contributed by atoms with Gasteiger partial charge in [0.05, 0.1) is 6.10 Å². The molecular weight excluding hydrogens is 203 g/mol. The van der Waals surface area contributed by atoms with E-state index in [-0.39, 0.29) is 11.9 Å². The Balaban J connectivity index is 2.78. The molecule has 0 amide bonds. The van der Waals surface area contributed by atoms with Crippen LogP contribution in [0.4, 0.5) is 4.39 Å². The number of hydrogen-bond donors (Lipinski definition) is 0. The molecule has 0 aliphatic carbocycles. The molecule has 0 saturated carbocycles. The zero-order chi connectivity index (χ0) is 10.6. The first kappa shape index (κ1) is 11.3. The van der Waals surface area contributed by atoms with E-state index in [1.54, 1.807) is 12.1 Å². The molecule has 1 atom stereocenters. The van der Waals surface area contributed by atoms with Crippen molar-refractivity contribution in [2.24, 2.45) is 0 Å². The maximum atomic E-state index is 13.4. The Hall–Kier alpha value is -0.760. The molecule has 14 heavy (non-hydrogen) atoms. The van der Waals surface area contributed by atoms with Crippen LogP contribution in [0.2, 0.25) is 0 Å². The summed E-state index contributed by atoms with van der Waals surface area (Å²) in [5.74, 6) is 0.275. The summed E-state index contributed by atoms with van der Waals surface area (Å²) in [5.41, 5.74) is 0.765. The molecule has 0 radical (unpaired) electrons. The molecule has 0 spiro atoms. The van der Waals surface area contributed by atoms with Gasteiger partial charge in [0.15, 0.2) is 11.6 Å². The predicted molar refractivity (Wildman–Crippen MR) is 56.3 cm³/mol. The third kappa shape index (κ3) is 2.88. The Labute approximate surface area is 88.8 Å². The van der Waals surface area contributed by atoms with Gasteiger partial charge in [-0.05, 0) is 31.0 Å². The number of alkyl halides is 1. The number of hydrogen-bond acceptors (Lipinski definition) is 1. The summed E-state index contributed by atoms with van der Waals surface area (Å²) in [5, 5.41) is 0. The minimum Gasteiger partial charge on any atom is -0.488 e. The van der Waals surface area contributed by atoms with Crippen LogP contribution in [-0.2, 0) is 5.88 Å². The zero-order valence-electron chi connectivity index (χ0n) is 8.39. The average molecular weight is 217 g/mol. The Bertz CT molecular complexity index is 301. The molecule has 0 aliphatic rings. The lowest BCUT2D eigenvalue weighted by atomic mass is 10.2. The monoisotopic (exact) mass is 216 g/mol. The summed E-state index contributed by atoms with van der Waals surface area (Å²) in [7, 11) is 0. The molecule has 1 unspecified atom stereocenters. The molecule has 1 aromatic rings. The van der Waals surface area contributed by atoms with Gasteiger partial charge in [0, 0.05) is 5.88 Å². The largest absolute Gasteiger partial charge is 0.488 e. The van der Waals surface area contributed by atoms with Gasteiger partial charge in [-0.1, -0.05) is 13.0 Å². The molecule has 1 nitrogen and oxygen atoms in total. The molecule has 0 N–H and O–H groups in total. The van der Waals surface area contributed by atoms with E-state index >= 15 is 0 Å². The molecule has 0 aliphatic heterocycles. The third-order valence-corrected chi connectivity index (χ3v) is 2.36. The van der Waals surface area contributed by atoms with Crippen LogP contribution in [0.25, 0.3) is 0 Å².